The van der Waals surface area contributed by atoms with Gasteiger partial charge < -0.3 is 10.3 Å². The number of aromatic nitrogens is 1. The third-order valence-corrected chi connectivity index (χ3v) is 4.58. The molecule has 3 heteroatoms. The number of rotatable bonds is 3. The van der Waals surface area contributed by atoms with Crippen LogP contribution in [-0.4, -0.2) is 11.1 Å². The number of aryl methyl sites for hydroxylation is 2. The van der Waals surface area contributed by atoms with Crippen LogP contribution in [0.2, 0.25) is 0 Å². The van der Waals surface area contributed by atoms with E-state index in [0.717, 1.165) is 33.2 Å². The summed E-state index contributed by atoms with van der Waals surface area (Å²) in [4.78, 5) is 12.8. The highest BCUT2D eigenvalue weighted by molar-refractivity contribution is 5.98. The molecule has 3 rings (SSSR count). The molecule has 1 heterocycles. The molecular weight excluding hydrogens is 284 g/mol. The average Bonchev–Trinajstić information content (AvgIpc) is 2.56. The van der Waals surface area contributed by atoms with Gasteiger partial charge in [0.05, 0.1) is 0 Å². The minimum absolute atomic E-state index is 0.0474. The van der Waals surface area contributed by atoms with Gasteiger partial charge in [-0.15, -0.1) is 0 Å². The number of pyridine rings is 1. The topological polar surface area (TPSA) is 48.0 Å². The van der Waals surface area contributed by atoms with Crippen molar-refractivity contribution in [1.82, 2.24) is 4.57 Å². The molecule has 23 heavy (non-hydrogen) atoms. The highest BCUT2D eigenvalue weighted by atomic mass is 16.1. The van der Waals surface area contributed by atoms with Gasteiger partial charge in [-0.25, -0.2) is 0 Å². The lowest BCUT2D eigenvalue weighted by Gasteiger charge is -2.18. The smallest absolute Gasteiger partial charge is 0.258 e. The van der Waals surface area contributed by atoms with E-state index < -0.39 is 0 Å². The highest BCUT2D eigenvalue weighted by Gasteiger charge is 2.16. The summed E-state index contributed by atoms with van der Waals surface area (Å²) < 4.78 is 1.76. The number of benzene rings is 2. The van der Waals surface area contributed by atoms with Gasteiger partial charge in [-0.3, -0.25) is 4.79 Å². The monoisotopic (exact) mass is 306 g/mol. The average molecular weight is 306 g/mol. The quantitative estimate of drug-likeness (QED) is 0.807. The van der Waals surface area contributed by atoms with Crippen LogP contribution in [0.15, 0.2) is 47.3 Å². The van der Waals surface area contributed by atoms with E-state index in [9.17, 15) is 4.79 Å². The van der Waals surface area contributed by atoms with Crippen LogP contribution >= 0.6 is 0 Å². The predicted octanol–water partition coefficient (Wildman–Crippen LogP) is 3.32. The molecule has 0 saturated carbocycles. The minimum Gasteiger partial charge on any atom is -0.330 e. The summed E-state index contributed by atoms with van der Waals surface area (Å²) in [6.07, 6.45) is 0.679. The summed E-state index contributed by atoms with van der Waals surface area (Å²) in [5.41, 5.74) is 11.4. The minimum atomic E-state index is 0.0474. The van der Waals surface area contributed by atoms with Crippen molar-refractivity contribution in [2.75, 3.05) is 6.54 Å². The summed E-state index contributed by atoms with van der Waals surface area (Å²) in [6.45, 7) is 4.65. The maximum atomic E-state index is 12.8. The number of nitrogens with zero attached hydrogens (tertiary/aromatic N) is 1. The van der Waals surface area contributed by atoms with Gasteiger partial charge >= 0.3 is 0 Å². The lowest BCUT2D eigenvalue weighted by molar-refractivity contribution is 0.772. The standard InChI is InChI=1S/C20H22N2O/c1-13-11-16-17(12-14(13)2)20(23)22(3)18(9-10-21)19(16)15-7-5-4-6-8-15/h4-8,11-12H,9-10,21H2,1-3H3. The summed E-state index contributed by atoms with van der Waals surface area (Å²) in [5.74, 6) is 0. The molecule has 0 fully saturated rings. The number of nitrogens with two attached hydrogens (primary N) is 1. The number of hydrogen-bond donors (Lipinski definition) is 1. The molecule has 0 aliphatic rings. The normalized spacial score (nSPS) is 11.1. The van der Waals surface area contributed by atoms with E-state index in [2.05, 4.69) is 25.1 Å². The molecule has 0 spiro atoms. The first kappa shape index (κ1) is 15.5. The van der Waals surface area contributed by atoms with Gasteiger partial charge in [0, 0.05) is 30.1 Å². The molecule has 0 aliphatic heterocycles. The van der Waals surface area contributed by atoms with Gasteiger partial charge in [-0.05, 0) is 48.5 Å². The second-order valence-electron chi connectivity index (χ2n) is 6.07. The zero-order valence-corrected chi connectivity index (χ0v) is 13.9. The van der Waals surface area contributed by atoms with Crippen molar-refractivity contribution in [3.8, 4) is 11.1 Å². The molecule has 118 valence electrons. The molecule has 3 aromatic rings. The van der Waals surface area contributed by atoms with Crippen molar-refractivity contribution < 1.29 is 0 Å². The molecule has 0 aliphatic carbocycles. The van der Waals surface area contributed by atoms with E-state index in [1.165, 1.54) is 5.56 Å². The van der Waals surface area contributed by atoms with Gasteiger partial charge in [0.15, 0.2) is 0 Å². The second kappa shape index (κ2) is 6.01. The van der Waals surface area contributed by atoms with Crippen molar-refractivity contribution >= 4 is 10.8 Å². The SMILES string of the molecule is Cc1cc2c(-c3ccccc3)c(CCN)n(C)c(=O)c2cc1C. The van der Waals surface area contributed by atoms with Crippen LogP contribution < -0.4 is 11.3 Å². The second-order valence-corrected chi connectivity index (χ2v) is 6.07. The Kier molecular flexibility index (Phi) is 4.05. The summed E-state index contributed by atoms with van der Waals surface area (Å²) in [7, 11) is 1.84. The van der Waals surface area contributed by atoms with Gasteiger partial charge in [0.2, 0.25) is 0 Å². The Hall–Kier alpha value is -2.39. The van der Waals surface area contributed by atoms with Gasteiger partial charge in [-0.2, -0.15) is 0 Å². The maximum Gasteiger partial charge on any atom is 0.258 e. The van der Waals surface area contributed by atoms with Gasteiger partial charge in [-0.1, -0.05) is 36.4 Å². The molecule has 0 bridgehead atoms. The van der Waals surface area contributed by atoms with E-state index in [4.69, 9.17) is 5.73 Å². The van der Waals surface area contributed by atoms with Crippen molar-refractivity contribution in [2.45, 2.75) is 20.3 Å². The lowest BCUT2D eigenvalue weighted by Crippen LogP contribution is -2.24. The predicted molar refractivity (Wildman–Crippen MR) is 96.9 cm³/mol. The van der Waals surface area contributed by atoms with Crippen LogP contribution in [0.4, 0.5) is 0 Å². The Bertz CT molecular complexity index is 924. The first-order chi connectivity index (χ1) is 11.0. The van der Waals surface area contributed by atoms with E-state index in [-0.39, 0.29) is 5.56 Å². The van der Waals surface area contributed by atoms with Crippen molar-refractivity contribution in [2.24, 2.45) is 12.8 Å². The lowest BCUT2D eigenvalue weighted by atomic mass is 9.93. The fourth-order valence-electron chi connectivity index (χ4n) is 3.18. The Morgan fingerprint density at radius 2 is 1.61 bits per heavy atom. The van der Waals surface area contributed by atoms with Crippen LogP contribution in [0.25, 0.3) is 21.9 Å². The zero-order chi connectivity index (χ0) is 16.6. The largest absolute Gasteiger partial charge is 0.330 e. The van der Waals surface area contributed by atoms with E-state index >= 15 is 0 Å². The molecule has 0 saturated heterocycles. The van der Waals surface area contributed by atoms with Crippen molar-refractivity contribution in [3.05, 3.63) is 69.6 Å². The number of hydrogen-bond acceptors (Lipinski definition) is 2. The maximum absolute atomic E-state index is 12.8. The van der Waals surface area contributed by atoms with Crippen LogP contribution in [0.3, 0.4) is 0 Å². The third kappa shape index (κ3) is 2.57. The first-order valence-electron chi connectivity index (χ1n) is 7.93. The summed E-state index contributed by atoms with van der Waals surface area (Å²) >= 11 is 0. The molecule has 1 aromatic heterocycles. The van der Waals surface area contributed by atoms with Crippen LogP contribution in [0.5, 0.6) is 0 Å². The Morgan fingerprint density at radius 1 is 1.00 bits per heavy atom. The molecule has 0 amide bonds. The Balaban J connectivity index is 2.52. The van der Waals surface area contributed by atoms with Crippen molar-refractivity contribution in [3.63, 3.8) is 0 Å². The third-order valence-electron chi connectivity index (χ3n) is 4.58. The fourth-order valence-corrected chi connectivity index (χ4v) is 3.18. The molecule has 3 nitrogen and oxygen atoms in total. The van der Waals surface area contributed by atoms with E-state index in [1.807, 2.05) is 38.2 Å². The van der Waals surface area contributed by atoms with Gasteiger partial charge in [0.25, 0.3) is 5.56 Å². The van der Waals surface area contributed by atoms with Crippen LogP contribution in [0, 0.1) is 13.8 Å². The van der Waals surface area contributed by atoms with E-state index in [0.29, 0.717) is 13.0 Å². The molecule has 0 atom stereocenters. The summed E-state index contributed by atoms with van der Waals surface area (Å²) in [6, 6.07) is 14.4. The fraction of sp³-hybridized carbons (Fsp3) is 0.250. The van der Waals surface area contributed by atoms with Crippen LogP contribution in [-0.2, 0) is 13.5 Å². The van der Waals surface area contributed by atoms with Gasteiger partial charge in [0.1, 0.15) is 0 Å². The molecular formula is C20H22N2O. The Morgan fingerprint density at radius 3 is 2.22 bits per heavy atom. The highest BCUT2D eigenvalue weighted by Crippen LogP contribution is 2.32. The first-order valence-corrected chi connectivity index (χ1v) is 7.93. The molecule has 2 N–H and O–H groups in total. The summed E-state index contributed by atoms with van der Waals surface area (Å²) in [5, 5.41) is 1.79. The molecule has 0 radical (unpaired) electrons. The molecule has 2 aromatic carbocycles. The van der Waals surface area contributed by atoms with E-state index in [1.54, 1.807) is 4.57 Å². The number of fused-ring (bicyclic) bond motifs is 1. The molecule has 0 unspecified atom stereocenters. The van der Waals surface area contributed by atoms with Crippen LogP contribution in [0.1, 0.15) is 16.8 Å². The van der Waals surface area contributed by atoms with Crippen molar-refractivity contribution in [1.29, 1.82) is 0 Å². The Labute approximate surface area is 136 Å². The zero-order valence-electron chi connectivity index (χ0n) is 13.9.